The Kier molecular flexibility index (Phi) is 10.3. The first-order chi connectivity index (χ1) is 25.9. The predicted molar refractivity (Wildman–Crippen MR) is 205 cm³/mol. The van der Waals surface area contributed by atoms with Crippen LogP contribution in [0.5, 0.6) is 17.2 Å². The number of halogens is 1. The second kappa shape index (κ2) is 15.1. The van der Waals surface area contributed by atoms with Gasteiger partial charge in [-0.1, -0.05) is 0 Å². The van der Waals surface area contributed by atoms with Crippen molar-refractivity contribution in [2.75, 3.05) is 61.9 Å². The number of carbonyl (C=O) groups is 3. The minimum Gasteiger partial charge on any atom is -0.495 e. The topological polar surface area (TPSA) is 126 Å². The second-order valence-corrected chi connectivity index (χ2v) is 15.2. The maximum Gasteiger partial charge on any atom is 0.410 e. The first-order valence-corrected chi connectivity index (χ1v) is 18.5. The van der Waals surface area contributed by atoms with Crippen molar-refractivity contribution in [3.63, 3.8) is 0 Å². The van der Waals surface area contributed by atoms with E-state index in [1.807, 2.05) is 37.8 Å². The van der Waals surface area contributed by atoms with E-state index in [2.05, 4.69) is 31.5 Å². The zero-order valence-electron chi connectivity index (χ0n) is 31.2. The molecule has 4 aromatic rings. The molecular formula is C41H47FN6O6. The molecule has 3 fully saturated rings. The molecule has 1 saturated carbocycles. The van der Waals surface area contributed by atoms with Crippen molar-refractivity contribution in [2.24, 2.45) is 5.41 Å². The predicted octanol–water partition coefficient (Wildman–Crippen LogP) is 7.05. The van der Waals surface area contributed by atoms with E-state index in [-0.39, 0.29) is 12.0 Å². The van der Waals surface area contributed by atoms with Gasteiger partial charge in [-0.3, -0.25) is 19.5 Å². The van der Waals surface area contributed by atoms with Crippen molar-refractivity contribution in [2.45, 2.75) is 58.1 Å². The van der Waals surface area contributed by atoms with E-state index in [4.69, 9.17) is 14.2 Å². The van der Waals surface area contributed by atoms with E-state index < -0.39 is 22.7 Å². The number of pyridine rings is 1. The molecule has 12 nitrogen and oxygen atoms in total. The number of amides is 3. The zero-order chi connectivity index (χ0) is 38.0. The van der Waals surface area contributed by atoms with Crippen LogP contribution in [0.15, 0.2) is 72.9 Å². The van der Waals surface area contributed by atoms with Gasteiger partial charge in [-0.25, -0.2) is 9.18 Å². The summed E-state index contributed by atoms with van der Waals surface area (Å²) in [6.07, 6.45) is 4.36. The average molecular weight is 739 g/mol. The van der Waals surface area contributed by atoms with Gasteiger partial charge in [0.25, 0.3) is 0 Å². The molecule has 0 bridgehead atoms. The quantitative estimate of drug-likeness (QED) is 0.174. The SMILES string of the molecule is COc1cc2c(Oc3ccc(NC(=O)C4(C(=O)Nc5ccc(F)cc5)CC4)cc3)ccnc2cc1N1CCC(N2CCN(C(=O)OC(C)(C)C)CC2)CC1. The summed E-state index contributed by atoms with van der Waals surface area (Å²) in [6, 6.07) is 18.7. The summed E-state index contributed by atoms with van der Waals surface area (Å²) in [5.74, 6) is 0.708. The highest BCUT2D eigenvalue weighted by Crippen LogP contribution is 2.47. The number of carbonyl (C=O) groups excluding carboxylic acids is 3. The normalized spacial score (nSPS) is 17.5. The molecule has 13 heteroatoms. The highest BCUT2D eigenvalue weighted by molar-refractivity contribution is 6.16. The van der Waals surface area contributed by atoms with Crippen molar-refractivity contribution in [3.05, 3.63) is 78.7 Å². The Balaban J connectivity index is 0.955. The molecule has 0 spiro atoms. The van der Waals surface area contributed by atoms with Crippen LogP contribution in [-0.2, 0) is 14.3 Å². The van der Waals surface area contributed by atoms with Crippen molar-refractivity contribution >= 4 is 45.9 Å². The Hall–Kier alpha value is -5.43. The van der Waals surface area contributed by atoms with E-state index in [0.29, 0.717) is 54.8 Å². The maximum absolute atomic E-state index is 13.3. The van der Waals surface area contributed by atoms with Crippen molar-refractivity contribution in [3.8, 4) is 17.2 Å². The molecule has 54 heavy (non-hydrogen) atoms. The molecule has 0 unspecified atom stereocenters. The molecule has 284 valence electrons. The lowest BCUT2D eigenvalue weighted by atomic mass is 10.0. The van der Waals surface area contributed by atoms with Gasteiger partial charge in [-0.05, 0) is 113 Å². The molecule has 0 atom stereocenters. The van der Waals surface area contributed by atoms with Gasteiger partial charge in [0.2, 0.25) is 11.8 Å². The molecule has 3 aromatic carbocycles. The number of ether oxygens (including phenoxy) is 3. The Bertz CT molecular complexity index is 2000. The molecule has 3 amide bonds. The molecule has 2 aliphatic heterocycles. The fourth-order valence-corrected chi connectivity index (χ4v) is 7.15. The third kappa shape index (κ3) is 8.20. The van der Waals surface area contributed by atoms with E-state index >= 15 is 0 Å². The molecule has 7 rings (SSSR count). The van der Waals surface area contributed by atoms with Crippen LogP contribution in [0.3, 0.4) is 0 Å². The third-order valence-electron chi connectivity index (χ3n) is 10.4. The van der Waals surface area contributed by atoms with Crippen molar-refractivity contribution < 1.29 is 33.0 Å². The van der Waals surface area contributed by atoms with Gasteiger partial charge in [0.05, 0.1) is 18.3 Å². The van der Waals surface area contributed by atoms with E-state index in [1.165, 1.54) is 24.3 Å². The fraction of sp³-hybridized carbons (Fsp3) is 0.415. The number of piperazine rings is 1. The number of nitrogens with one attached hydrogen (secondary N) is 2. The lowest BCUT2D eigenvalue weighted by Gasteiger charge is -2.43. The number of nitrogens with zero attached hydrogens (tertiary/aromatic N) is 4. The second-order valence-electron chi connectivity index (χ2n) is 15.2. The Morgan fingerprint density at radius 3 is 2.00 bits per heavy atom. The summed E-state index contributed by atoms with van der Waals surface area (Å²) >= 11 is 0. The standard InChI is InChI=1S/C41H47FN6O6/c1-40(2,3)54-39(51)48-23-21-46(22-24-48)30-14-19-47(20-15-30)34-26-33-32(25-36(34)52-4)35(13-18-43-33)53-31-11-9-29(10-12-31)45-38(50)41(16-17-41)37(49)44-28-7-5-27(42)6-8-28/h5-13,18,25-26,30H,14-17,19-24H2,1-4H3,(H,44,49)(H,45,50). The summed E-state index contributed by atoms with van der Waals surface area (Å²) in [5.41, 5.74) is 1.08. The Morgan fingerprint density at radius 1 is 0.815 bits per heavy atom. The smallest absolute Gasteiger partial charge is 0.410 e. The van der Waals surface area contributed by atoms with Crippen LogP contribution in [0.2, 0.25) is 0 Å². The van der Waals surface area contributed by atoms with Crippen LogP contribution in [-0.4, -0.2) is 90.7 Å². The lowest BCUT2D eigenvalue weighted by Crippen LogP contribution is -2.55. The number of fused-ring (bicyclic) bond motifs is 1. The molecule has 1 aromatic heterocycles. The van der Waals surface area contributed by atoms with Crippen LogP contribution >= 0.6 is 0 Å². The minimum absolute atomic E-state index is 0.238. The number of benzene rings is 3. The van der Waals surface area contributed by atoms with Crippen molar-refractivity contribution in [1.29, 1.82) is 0 Å². The van der Waals surface area contributed by atoms with Crippen molar-refractivity contribution in [1.82, 2.24) is 14.8 Å². The van der Waals surface area contributed by atoms with E-state index in [0.717, 1.165) is 61.4 Å². The molecule has 2 saturated heterocycles. The van der Waals surface area contributed by atoms with Gasteiger partial charge in [0, 0.05) is 68.3 Å². The van der Waals surface area contributed by atoms with E-state index in [1.54, 1.807) is 37.6 Å². The average Bonchev–Trinajstić information content (AvgIpc) is 3.98. The van der Waals surface area contributed by atoms with Gasteiger partial charge in [-0.2, -0.15) is 0 Å². The summed E-state index contributed by atoms with van der Waals surface area (Å²) in [7, 11) is 1.67. The van der Waals surface area contributed by atoms with Crippen LogP contribution in [0.1, 0.15) is 46.5 Å². The third-order valence-corrected chi connectivity index (χ3v) is 10.4. The molecule has 1 aliphatic carbocycles. The lowest BCUT2D eigenvalue weighted by molar-refractivity contribution is -0.131. The fourth-order valence-electron chi connectivity index (χ4n) is 7.15. The number of anilines is 3. The molecule has 3 aliphatic rings. The monoisotopic (exact) mass is 738 g/mol. The minimum atomic E-state index is -1.16. The Morgan fingerprint density at radius 2 is 1.43 bits per heavy atom. The molecule has 3 heterocycles. The number of methoxy groups -OCH3 is 1. The highest BCUT2D eigenvalue weighted by Gasteiger charge is 2.56. The molecule has 2 N–H and O–H groups in total. The highest BCUT2D eigenvalue weighted by atomic mass is 19.1. The van der Waals surface area contributed by atoms with Gasteiger partial charge in [0.15, 0.2) is 0 Å². The van der Waals surface area contributed by atoms with Gasteiger partial charge in [0.1, 0.15) is 34.1 Å². The molecular weight excluding hydrogens is 691 g/mol. The summed E-state index contributed by atoms with van der Waals surface area (Å²) in [6.45, 7) is 10.4. The maximum atomic E-state index is 13.3. The van der Waals surface area contributed by atoms with Gasteiger partial charge < -0.3 is 34.6 Å². The number of rotatable bonds is 9. The van der Waals surface area contributed by atoms with Gasteiger partial charge in [-0.15, -0.1) is 0 Å². The van der Waals surface area contributed by atoms with E-state index in [9.17, 15) is 18.8 Å². The van der Waals surface area contributed by atoms with Crippen LogP contribution < -0.4 is 25.0 Å². The number of piperidine rings is 1. The van der Waals surface area contributed by atoms with Crippen LogP contribution in [0.25, 0.3) is 10.9 Å². The number of hydrogen-bond donors (Lipinski definition) is 2. The van der Waals surface area contributed by atoms with Crippen LogP contribution in [0.4, 0.5) is 26.2 Å². The number of aromatic nitrogens is 1. The van der Waals surface area contributed by atoms with Crippen LogP contribution in [0, 0.1) is 11.2 Å². The number of hydrogen-bond acceptors (Lipinski definition) is 9. The van der Waals surface area contributed by atoms with Gasteiger partial charge >= 0.3 is 6.09 Å². The molecule has 0 radical (unpaired) electrons. The first-order valence-electron chi connectivity index (χ1n) is 18.5. The zero-order valence-corrected chi connectivity index (χ0v) is 31.2. The summed E-state index contributed by atoms with van der Waals surface area (Å²) in [4.78, 5) is 49.9. The first kappa shape index (κ1) is 36.9. The Labute approximate surface area is 314 Å². The largest absolute Gasteiger partial charge is 0.495 e. The summed E-state index contributed by atoms with van der Waals surface area (Å²) < 4.78 is 31.0. The summed E-state index contributed by atoms with van der Waals surface area (Å²) in [5, 5.41) is 6.39.